The van der Waals surface area contributed by atoms with E-state index >= 15 is 0 Å². The van der Waals surface area contributed by atoms with Gasteiger partial charge in [0.1, 0.15) is 24.4 Å². The van der Waals surface area contributed by atoms with Crippen molar-refractivity contribution in [3.05, 3.63) is 0 Å². The van der Waals surface area contributed by atoms with Gasteiger partial charge in [0, 0.05) is 31.1 Å². The second kappa shape index (κ2) is 10.0. The molecule has 9 heteroatoms. The standard InChI is InChI=1S/C29H44O9/c1-7-16(2)25(32)37-21-8-10-28(14-35-28)29(15-34-18(4)30)23(36-19(5)31)12-17(3)27(6,24(21)29)22-13-20-9-11-33-26(20)38-22/h16-17,20-24,26H,7-15H2,1-6H3/t16-,17-,20-,21+,22+,23+,24-,26+,27-,28+,29-/m1/s1. The summed E-state index contributed by atoms with van der Waals surface area (Å²) in [6, 6.07) is 0. The van der Waals surface area contributed by atoms with E-state index in [9.17, 15) is 14.4 Å². The maximum atomic E-state index is 13.2. The third-order valence-corrected chi connectivity index (χ3v) is 10.7. The Morgan fingerprint density at radius 1 is 1.08 bits per heavy atom. The van der Waals surface area contributed by atoms with Crippen LogP contribution in [-0.4, -0.2) is 67.9 Å². The molecule has 0 aromatic rings. The van der Waals surface area contributed by atoms with Gasteiger partial charge in [-0.15, -0.1) is 0 Å². The van der Waals surface area contributed by atoms with Crippen LogP contribution in [0, 0.1) is 34.5 Å². The molecule has 11 atom stereocenters. The minimum atomic E-state index is -0.883. The molecule has 3 aliphatic heterocycles. The van der Waals surface area contributed by atoms with E-state index in [1.165, 1.54) is 13.8 Å². The lowest BCUT2D eigenvalue weighted by Gasteiger charge is -2.65. The highest BCUT2D eigenvalue weighted by Gasteiger charge is 2.79. The van der Waals surface area contributed by atoms with E-state index in [4.69, 9.17) is 28.4 Å². The molecule has 0 amide bonds. The van der Waals surface area contributed by atoms with Gasteiger partial charge in [-0.1, -0.05) is 27.7 Å². The molecule has 3 heterocycles. The molecule has 3 saturated heterocycles. The number of epoxide rings is 1. The van der Waals surface area contributed by atoms with Gasteiger partial charge in [0.25, 0.3) is 0 Å². The molecule has 0 N–H and O–H groups in total. The van der Waals surface area contributed by atoms with Crippen LogP contribution in [0.2, 0.25) is 0 Å². The van der Waals surface area contributed by atoms with E-state index in [1.54, 1.807) is 0 Å². The molecule has 2 saturated carbocycles. The zero-order chi connectivity index (χ0) is 27.5. The topological polar surface area (TPSA) is 110 Å². The highest BCUT2D eigenvalue weighted by molar-refractivity contribution is 5.72. The first kappa shape index (κ1) is 27.8. The number of carbonyl (C=O) groups is 3. The van der Waals surface area contributed by atoms with Crippen molar-refractivity contribution in [2.24, 2.45) is 34.5 Å². The van der Waals surface area contributed by atoms with Crippen LogP contribution in [-0.2, 0) is 42.8 Å². The van der Waals surface area contributed by atoms with E-state index in [0.29, 0.717) is 44.8 Å². The predicted octanol–water partition coefficient (Wildman–Crippen LogP) is 3.80. The van der Waals surface area contributed by atoms with Crippen LogP contribution in [0.3, 0.4) is 0 Å². The summed E-state index contributed by atoms with van der Waals surface area (Å²) < 4.78 is 37.0. The molecule has 38 heavy (non-hydrogen) atoms. The molecule has 2 aliphatic carbocycles. The third kappa shape index (κ3) is 4.27. The van der Waals surface area contributed by atoms with Crippen molar-refractivity contribution in [2.45, 2.75) is 110 Å². The molecule has 5 fully saturated rings. The van der Waals surface area contributed by atoms with Gasteiger partial charge in [-0.2, -0.15) is 0 Å². The van der Waals surface area contributed by atoms with Crippen molar-refractivity contribution in [3.8, 4) is 0 Å². The van der Waals surface area contributed by atoms with Crippen molar-refractivity contribution in [2.75, 3.05) is 19.8 Å². The number of esters is 3. The van der Waals surface area contributed by atoms with Crippen molar-refractivity contribution < 1.29 is 42.8 Å². The van der Waals surface area contributed by atoms with Crippen LogP contribution >= 0.6 is 0 Å². The summed E-state index contributed by atoms with van der Waals surface area (Å²) in [5.41, 5.74) is -1.99. The van der Waals surface area contributed by atoms with Gasteiger partial charge < -0.3 is 28.4 Å². The molecular weight excluding hydrogens is 492 g/mol. The molecule has 0 unspecified atom stereocenters. The Hall–Kier alpha value is -1.71. The maximum Gasteiger partial charge on any atom is 0.308 e. The number of rotatable bonds is 7. The van der Waals surface area contributed by atoms with Crippen LogP contribution in [0.4, 0.5) is 0 Å². The van der Waals surface area contributed by atoms with Crippen LogP contribution < -0.4 is 0 Å². The number of hydrogen-bond acceptors (Lipinski definition) is 9. The SMILES string of the molecule is CC[C@@H](C)C(=O)O[C@H]1CC[C@]2(CO2)[C@]2(COC(C)=O)[C@@H](OC(C)=O)C[C@@H](C)[C@](C)([C@@H]3C[C@H]4CCO[C@H]4O3)[C@@H]12. The van der Waals surface area contributed by atoms with Crippen molar-refractivity contribution in [1.82, 2.24) is 0 Å². The van der Waals surface area contributed by atoms with Crippen LogP contribution in [0.5, 0.6) is 0 Å². The van der Waals surface area contributed by atoms with Gasteiger partial charge in [-0.3, -0.25) is 14.4 Å². The Kier molecular flexibility index (Phi) is 7.36. The zero-order valence-corrected chi connectivity index (χ0v) is 23.7. The van der Waals surface area contributed by atoms with Crippen LogP contribution in [0.15, 0.2) is 0 Å². The third-order valence-electron chi connectivity index (χ3n) is 10.7. The molecular formula is C29H44O9. The van der Waals surface area contributed by atoms with Crippen molar-refractivity contribution in [3.63, 3.8) is 0 Å². The lowest BCUT2D eigenvalue weighted by Crippen LogP contribution is -2.72. The monoisotopic (exact) mass is 536 g/mol. The van der Waals surface area contributed by atoms with Gasteiger partial charge >= 0.3 is 17.9 Å². The molecule has 9 nitrogen and oxygen atoms in total. The van der Waals surface area contributed by atoms with E-state index in [2.05, 4.69) is 13.8 Å². The average Bonchev–Trinajstić information content (AvgIpc) is 3.31. The molecule has 0 aromatic heterocycles. The summed E-state index contributed by atoms with van der Waals surface area (Å²) in [5.74, 6) is -1.20. The predicted molar refractivity (Wildman–Crippen MR) is 135 cm³/mol. The number of carbonyl (C=O) groups excluding carboxylic acids is 3. The summed E-state index contributed by atoms with van der Waals surface area (Å²) in [5, 5.41) is 0. The molecule has 1 spiro atoms. The fraction of sp³-hybridized carbons (Fsp3) is 0.897. The Balaban J connectivity index is 1.64. The smallest absolute Gasteiger partial charge is 0.308 e. The van der Waals surface area contributed by atoms with Crippen molar-refractivity contribution >= 4 is 17.9 Å². The largest absolute Gasteiger partial charge is 0.465 e. The highest BCUT2D eigenvalue weighted by Crippen LogP contribution is 2.70. The number of hydrogen-bond donors (Lipinski definition) is 0. The van der Waals surface area contributed by atoms with Gasteiger partial charge in [0.2, 0.25) is 0 Å². The zero-order valence-electron chi connectivity index (χ0n) is 23.7. The van der Waals surface area contributed by atoms with Crippen LogP contribution in [0.25, 0.3) is 0 Å². The molecule has 0 aromatic carbocycles. The van der Waals surface area contributed by atoms with E-state index < -0.39 is 34.6 Å². The minimum Gasteiger partial charge on any atom is -0.465 e. The molecule has 214 valence electrons. The van der Waals surface area contributed by atoms with E-state index in [-0.39, 0.29) is 48.7 Å². The summed E-state index contributed by atoms with van der Waals surface area (Å²) in [4.78, 5) is 37.9. The van der Waals surface area contributed by atoms with E-state index in [0.717, 1.165) is 12.8 Å². The second-order valence-corrected chi connectivity index (χ2v) is 12.7. The minimum absolute atomic E-state index is 0.0285. The maximum absolute atomic E-state index is 13.2. The Morgan fingerprint density at radius 3 is 2.42 bits per heavy atom. The molecule has 5 aliphatic rings. The quantitative estimate of drug-likeness (QED) is 0.273. The van der Waals surface area contributed by atoms with Gasteiger partial charge in [-0.25, -0.2) is 0 Å². The van der Waals surface area contributed by atoms with Crippen LogP contribution in [0.1, 0.15) is 80.1 Å². The lowest BCUT2D eigenvalue weighted by atomic mass is 9.41. The first-order chi connectivity index (χ1) is 18.0. The first-order valence-electron chi connectivity index (χ1n) is 14.4. The fourth-order valence-corrected chi connectivity index (χ4v) is 8.28. The summed E-state index contributed by atoms with van der Waals surface area (Å²) >= 11 is 0. The van der Waals surface area contributed by atoms with E-state index in [1.807, 2.05) is 13.8 Å². The lowest BCUT2D eigenvalue weighted by molar-refractivity contribution is -0.279. The van der Waals surface area contributed by atoms with Gasteiger partial charge in [0.15, 0.2) is 6.29 Å². The highest BCUT2D eigenvalue weighted by atomic mass is 16.7. The summed E-state index contributed by atoms with van der Waals surface area (Å²) in [6.07, 6.45) is 2.92. The van der Waals surface area contributed by atoms with Gasteiger partial charge in [0.05, 0.1) is 30.7 Å². The number of fused-ring (bicyclic) bond motifs is 3. The summed E-state index contributed by atoms with van der Waals surface area (Å²) in [6.45, 7) is 12.3. The average molecular weight is 537 g/mol. The molecule has 0 radical (unpaired) electrons. The Morgan fingerprint density at radius 2 is 1.82 bits per heavy atom. The second-order valence-electron chi connectivity index (χ2n) is 12.7. The van der Waals surface area contributed by atoms with Crippen molar-refractivity contribution in [1.29, 1.82) is 0 Å². The molecule has 5 rings (SSSR count). The Labute approximate surface area is 225 Å². The molecule has 0 bridgehead atoms. The summed E-state index contributed by atoms with van der Waals surface area (Å²) in [7, 11) is 0. The first-order valence-corrected chi connectivity index (χ1v) is 14.4. The van der Waals surface area contributed by atoms with Gasteiger partial charge in [-0.05, 0) is 44.4 Å². The normalized spacial score (nSPS) is 46.1. The number of ether oxygens (including phenoxy) is 6. The fourth-order valence-electron chi connectivity index (χ4n) is 8.28. The Bertz CT molecular complexity index is 934.